The third-order valence-electron chi connectivity index (χ3n) is 7.02. The van der Waals surface area contributed by atoms with Crippen LogP contribution in [0.3, 0.4) is 0 Å². The van der Waals surface area contributed by atoms with Crippen molar-refractivity contribution in [3.05, 3.63) is 104 Å². The van der Waals surface area contributed by atoms with E-state index in [4.69, 9.17) is 0 Å². The summed E-state index contributed by atoms with van der Waals surface area (Å²) in [5, 5.41) is 0. The van der Waals surface area contributed by atoms with Crippen LogP contribution < -0.4 is 0 Å². The van der Waals surface area contributed by atoms with Crippen molar-refractivity contribution in [1.29, 1.82) is 0 Å². The van der Waals surface area contributed by atoms with Crippen molar-refractivity contribution in [3.8, 4) is 20.9 Å². The average molecular weight is 553 g/mol. The van der Waals surface area contributed by atoms with E-state index in [1.165, 1.54) is 32.7 Å². The van der Waals surface area contributed by atoms with Gasteiger partial charge in [-0.25, -0.2) is 0 Å². The molecule has 0 radical (unpaired) electrons. The largest absolute Gasteiger partial charge is 0.316 e. The summed E-state index contributed by atoms with van der Waals surface area (Å²) in [7, 11) is 3.53. The van der Waals surface area contributed by atoms with Crippen LogP contribution in [-0.4, -0.2) is 36.2 Å². The van der Waals surface area contributed by atoms with E-state index in [0.29, 0.717) is 11.3 Å². The molecule has 2 aromatic heterocycles. The first-order chi connectivity index (χ1) is 18.6. The predicted octanol–water partition coefficient (Wildman–Crippen LogP) is 8.08. The molecule has 0 saturated heterocycles. The highest BCUT2D eigenvalue weighted by atomic mass is 32.1. The van der Waals surface area contributed by atoms with Gasteiger partial charge in [0, 0.05) is 23.8 Å². The number of rotatable bonds is 6. The van der Waals surface area contributed by atoms with E-state index in [0.717, 1.165) is 42.8 Å². The second kappa shape index (κ2) is 10.4. The summed E-state index contributed by atoms with van der Waals surface area (Å²) >= 11 is 3.28. The van der Waals surface area contributed by atoms with Crippen LogP contribution in [0.2, 0.25) is 0 Å². The van der Waals surface area contributed by atoms with E-state index in [2.05, 4.69) is 82.3 Å². The van der Waals surface area contributed by atoms with Gasteiger partial charge in [0.1, 0.15) is 0 Å². The first-order valence-corrected chi connectivity index (χ1v) is 14.5. The minimum atomic E-state index is -0.103. The molecule has 4 nitrogen and oxygen atoms in total. The maximum absolute atomic E-state index is 13.8. The Morgan fingerprint density at radius 1 is 0.744 bits per heavy atom. The van der Waals surface area contributed by atoms with E-state index in [-0.39, 0.29) is 5.91 Å². The number of aryl methyl sites for hydroxylation is 4. The second-order valence-corrected chi connectivity index (χ2v) is 12.5. The maximum Gasteiger partial charge on any atom is 0.260 e. The number of hydrogen-bond donors (Lipinski definition) is 0. The Morgan fingerprint density at radius 2 is 1.23 bits per heavy atom. The molecule has 5 rings (SSSR count). The first-order valence-electron chi connectivity index (χ1n) is 12.9. The average Bonchev–Trinajstić information content (AvgIpc) is 3.59. The molecule has 0 saturated carbocycles. The second-order valence-electron chi connectivity index (χ2n) is 10.4. The van der Waals surface area contributed by atoms with Crippen LogP contribution in [0.4, 0.5) is 0 Å². The molecule has 0 spiro atoms. The molecule has 0 N–H and O–H groups in total. The Hall–Kier alpha value is -3.74. The molecule has 1 aliphatic rings. The Labute approximate surface area is 238 Å². The van der Waals surface area contributed by atoms with Crippen LogP contribution >= 0.6 is 22.7 Å². The molecule has 2 aromatic carbocycles. The van der Waals surface area contributed by atoms with Crippen molar-refractivity contribution in [2.24, 2.45) is 0 Å². The lowest BCUT2D eigenvalue weighted by atomic mass is 10.0. The van der Waals surface area contributed by atoms with E-state index in [1.54, 1.807) is 34.6 Å². The van der Waals surface area contributed by atoms with E-state index in [9.17, 15) is 9.59 Å². The zero-order valence-corrected chi connectivity index (χ0v) is 25.0. The van der Waals surface area contributed by atoms with Gasteiger partial charge in [-0.2, -0.15) is 0 Å². The number of nitrogens with zero attached hydrogens (tertiary/aromatic N) is 2. The zero-order chi connectivity index (χ0) is 28.0. The summed E-state index contributed by atoms with van der Waals surface area (Å²) in [5.41, 5.74) is 10.2. The van der Waals surface area contributed by atoms with Crippen LogP contribution in [0.1, 0.15) is 38.9 Å². The zero-order valence-electron chi connectivity index (χ0n) is 23.4. The van der Waals surface area contributed by atoms with E-state index >= 15 is 0 Å². The number of carbonyl (C=O) groups is 2. The van der Waals surface area contributed by atoms with Crippen molar-refractivity contribution >= 4 is 46.4 Å². The maximum atomic E-state index is 13.8. The topological polar surface area (TPSA) is 40.6 Å². The van der Waals surface area contributed by atoms with Gasteiger partial charge in [-0.1, -0.05) is 58.7 Å². The molecular formula is C33H32N2O2S2. The first kappa shape index (κ1) is 26.9. The van der Waals surface area contributed by atoms with Crippen molar-refractivity contribution in [3.63, 3.8) is 0 Å². The SMILES string of the molecule is CC1=C(c2ccc(-c3cc(C)cc(C)c3)s2)N(C)C(=O)/C1=C(\c1ccc(-c2cc(C)cc(C)c2)s1)N(C)C=O. The van der Waals surface area contributed by atoms with Gasteiger partial charge in [0.2, 0.25) is 6.41 Å². The minimum absolute atomic E-state index is 0.103. The highest BCUT2D eigenvalue weighted by molar-refractivity contribution is 7.17. The Balaban J connectivity index is 1.62. The number of amides is 2. The molecular weight excluding hydrogens is 521 g/mol. The monoisotopic (exact) mass is 552 g/mol. The molecule has 0 atom stereocenters. The van der Waals surface area contributed by atoms with E-state index < -0.39 is 0 Å². The summed E-state index contributed by atoms with van der Waals surface area (Å²) in [6.45, 7) is 10.4. The third-order valence-corrected chi connectivity index (χ3v) is 9.31. The number of likely N-dealkylation sites (N-methyl/N-ethyl adjacent to an activating group) is 1. The van der Waals surface area contributed by atoms with Crippen LogP contribution in [0, 0.1) is 27.7 Å². The van der Waals surface area contributed by atoms with Gasteiger partial charge < -0.3 is 9.80 Å². The highest BCUT2D eigenvalue weighted by Crippen LogP contribution is 2.44. The van der Waals surface area contributed by atoms with Crippen LogP contribution in [-0.2, 0) is 9.59 Å². The molecule has 0 aliphatic carbocycles. The number of hydrogen-bond acceptors (Lipinski definition) is 4. The quantitative estimate of drug-likeness (QED) is 0.179. The third kappa shape index (κ3) is 5.02. The van der Waals surface area contributed by atoms with Gasteiger partial charge >= 0.3 is 0 Å². The summed E-state index contributed by atoms with van der Waals surface area (Å²) in [4.78, 5) is 33.3. The van der Waals surface area contributed by atoms with E-state index in [1.807, 2.05) is 20.0 Å². The molecule has 6 heteroatoms. The Kier molecular flexibility index (Phi) is 7.19. The summed E-state index contributed by atoms with van der Waals surface area (Å²) in [5.74, 6) is -0.103. The van der Waals surface area contributed by atoms with Crippen molar-refractivity contribution < 1.29 is 9.59 Å². The molecule has 198 valence electrons. The molecule has 0 fully saturated rings. The fourth-order valence-electron chi connectivity index (χ4n) is 5.43. The molecule has 3 heterocycles. The van der Waals surface area contributed by atoms with Crippen LogP contribution in [0.25, 0.3) is 32.3 Å². The molecule has 0 bridgehead atoms. The molecule has 4 aromatic rings. The predicted molar refractivity (Wildman–Crippen MR) is 165 cm³/mol. The normalized spacial score (nSPS) is 14.8. The summed E-state index contributed by atoms with van der Waals surface area (Å²) in [6, 6.07) is 21.4. The number of benzene rings is 2. The summed E-state index contributed by atoms with van der Waals surface area (Å²) in [6.07, 6.45) is 0.778. The fourth-order valence-corrected chi connectivity index (χ4v) is 7.65. The van der Waals surface area contributed by atoms with Gasteiger partial charge in [0.25, 0.3) is 5.91 Å². The standard InChI is InChI=1S/C33H32N2O2S2/c1-19-12-20(2)15-24(14-19)26-8-10-28(38-26)31-23(5)30(33(37)35(31)7)32(34(6)18-36)29-11-9-27(39-29)25-16-21(3)13-22(4)17-25/h8-18H,1-7H3/b32-30+. The Bertz CT molecular complexity index is 1640. The molecule has 1 aliphatic heterocycles. The number of thiophene rings is 2. The van der Waals surface area contributed by atoms with Crippen molar-refractivity contribution in [2.45, 2.75) is 34.6 Å². The van der Waals surface area contributed by atoms with Crippen molar-refractivity contribution in [1.82, 2.24) is 9.80 Å². The lowest BCUT2D eigenvalue weighted by Gasteiger charge is -2.18. The van der Waals surface area contributed by atoms with Gasteiger partial charge in [-0.15, -0.1) is 22.7 Å². The Morgan fingerprint density at radius 3 is 1.77 bits per heavy atom. The lowest BCUT2D eigenvalue weighted by molar-refractivity contribution is -0.122. The minimum Gasteiger partial charge on any atom is -0.316 e. The van der Waals surface area contributed by atoms with Crippen LogP contribution in [0.5, 0.6) is 0 Å². The van der Waals surface area contributed by atoms with Gasteiger partial charge in [0.05, 0.1) is 26.7 Å². The lowest BCUT2D eigenvalue weighted by Crippen LogP contribution is -2.23. The summed E-state index contributed by atoms with van der Waals surface area (Å²) < 4.78 is 0. The molecule has 39 heavy (non-hydrogen) atoms. The molecule has 0 unspecified atom stereocenters. The van der Waals surface area contributed by atoms with Gasteiger partial charge in [-0.3, -0.25) is 9.59 Å². The smallest absolute Gasteiger partial charge is 0.260 e. The highest BCUT2D eigenvalue weighted by Gasteiger charge is 2.36. The number of carbonyl (C=O) groups excluding carboxylic acids is 2. The van der Waals surface area contributed by atoms with Crippen LogP contribution in [0.15, 0.2) is 71.8 Å². The van der Waals surface area contributed by atoms with Gasteiger partial charge in [-0.05, 0) is 75.6 Å². The van der Waals surface area contributed by atoms with Gasteiger partial charge in [0.15, 0.2) is 0 Å². The molecule has 2 amide bonds. The van der Waals surface area contributed by atoms with Crippen molar-refractivity contribution in [2.75, 3.05) is 14.1 Å². The fraction of sp³-hybridized carbons (Fsp3) is 0.212.